The molecule has 26 heavy (non-hydrogen) atoms. The molecule has 4 rings (SSSR count). The number of nitrogens with zero attached hydrogens (tertiary/aromatic N) is 2. The summed E-state index contributed by atoms with van der Waals surface area (Å²) in [5.74, 6) is 1.83. The van der Waals surface area contributed by atoms with Crippen LogP contribution >= 0.6 is 0 Å². The summed E-state index contributed by atoms with van der Waals surface area (Å²) >= 11 is 0. The van der Waals surface area contributed by atoms with Crippen LogP contribution in [0.4, 0.5) is 0 Å². The number of hydrogen-bond acceptors (Lipinski definition) is 5. The number of ketones is 1. The SMILES string of the molecule is O=C(CN1CC2CC(O)(CC3CCCCC3)C[C@H]2C1)c1ccc(O)cn1. The number of carbonyl (C=O) groups excluding carboxylic acids is 1. The smallest absolute Gasteiger partial charge is 0.195 e. The van der Waals surface area contributed by atoms with Crippen molar-refractivity contribution in [3.63, 3.8) is 0 Å². The fraction of sp³-hybridized carbons (Fsp3) is 0.714. The molecule has 0 amide bonds. The third-order valence-corrected chi connectivity index (χ3v) is 6.73. The normalized spacial score (nSPS) is 32.7. The number of aliphatic hydroxyl groups is 1. The van der Waals surface area contributed by atoms with Gasteiger partial charge in [0.25, 0.3) is 0 Å². The number of likely N-dealkylation sites (tertiary alicyclic amines) is 1. The van der Waals surface area contributed by atoms with E-state index in [2.05, 4.69) is 9.88 Å². The van der Waals surface area contributed by atoms with Gasteiger partial charge in [-0.2, -0.15) is 0 Å². The van der Waals surface area contributed by atoms with Crippen molar-refractivity contribution in [1.29, 1.82) is 0 Å². The number of aromatic hydroxyl groups is 1. The maximum Gasteiger partial charge on any atom is 0.195 e. The molecule has 0 radical (unpaired) electrons. The molecular formula is C21H30N2O3. The Morgan fingerprint density at radius 3 is 2.46 bits per heavy atom. The van der Waals surface area contributed by atoms with Crippen molar-refractivity contribution in [3.05, 3.63) is 24.0 Å². The van der Waals surface area contributed by atoms with E-state index in [9.17, 15) is 15.0 Å². The Balaban J connectivity index is 1.29. The molecule has 2 unspecified atom stereocenters. The third-order valence-electron chi connectivity index (χ3n) is 6.73. The first-order chi connectivity index (χ1) is 12.5. The van der Waals surface area contributed by atoms with Crippen molar-refractivity contribution in [2.75, 3.05) is 19.6 Å². The molecule has 1 aromatic heterocycles. The van der Waals surface area contributed by atoms with Gasteiger partial charge in [-0.3, -0.25) is 9.69 Å². The highest BCUT2D eigenvalue weighted by Crippen LogP contribution is 2.47. The molecule has 2 saturated carbocycles. The minimum Gasteiger partial charge on any atom is -0.506 e. The first kappa shape index (κ1) is 17.9. The Morgan fingerprint density at radius 2 is 1.85 bits per heavy atom. The highest BCUT2D eigenvalue weighted by atomic mass is 16.3. The van der Waals surface area contributed by atoms with Gasteiger partial charge < -0.3 is 10.2 Å². The predicted molar refractivity (Wildman–Crippen MR) is 99.0 cm³/mol. The van der Waals surface area contributed by atoms with Crippen molar-refractivity contribution in [1.82, 2.24) is 9.88 Å². The molecule has 142 valence electrons. The minimum atomic E-state index is -0.466. The summed E-state index contributed by atoms with van der Waals surface area (Å²) in [5.41, 5.74) is -0.0555. The molecule has 2 heterocycles. The minimum absolute atomic E-state index is 0.00226. The fourth-order valence-corrected chi connectivity index (χ4v) is 5.62. The second-order valence-corrected chi connectivity index (χ2v) is 8.88. The van der Waals surface area contributed by atoms with Crippen molar-refractivity contribution in [3.8, 4) is 5.75 Å². The van der Waals surface area contributed by atoms with Gasteiger partial charge in [0, 0.05) is 13.1 Å². The van der Waals surface area contributed by atoms with Crippen LogP contribution in [0.5, 0.6) is 5.75 Å². The monoisotopic (exact) mass is 358 g/mol. The van der Waals surface area contributed by atoms with Crippen molar-refractivity contribution in [2.45, 2.75) is 57.0 Å². The maximum atomic E-state index is 12.4. The Kier molecular flexibility index (Phi) is 5.02. The topological polar surface area (TPSA) is 73.7 Å². The molecule has 1 aliphatic heterocycles. The fourth-order valence-electron chi connectivity index (χ4n) is 5.62. The molecule has 3 fully saturated rings. The van der Waals surface area contributed by atoms with Gasteiger partial charge >= 0.3 is 0 Å². The molecule has 0 spiro atoms. The summed E-state index contributed by atoms with van der Waals surface area (Å²) in [7, 11) is 0. The van der Waals surface area contributed by atoms with Crippen molar-refractivity contribution < 1.29 is 15.0 Å². The van der Waals surface area contributed by atoms with Crippen LogP contribution in [0, 0.1) is 17.8 Å². The van der Waals surface area contributed by atoms with Crippen LogP contribution in [0.2, 0.25) is 0 Å². The summed E-state index contributed by atoms with van der Waals surface area (Å²) < 4.78 is 0. The van der Waals surface area contributed by atoms with E-state index in [0.717, 1.165) is 32.4 Å². The maximum absolute atomic E-state index is 12.4. The van der Waals surface area contributed by atoms with Gasteiger partial charge in [0.1, 0.15) is 11.4 Å². The van der Waals surface area contributed by atoms with E-state index >= 15 is 0 Å². The van der Waals surface area contributed by atoms with Crippen LogP contribution in [0.3, 0.4) is 0 Å². The lowest BCUT2D eigenvalue weighted by Crippen LogP contribution is -2.34. The highest BCUT2D eigenvalue weighted by Gasteiger charge is 2.48. The average Bonchev–Trinajstić information content (AvgIpc) is 3.10. The van der Waals surface area contributed by atoms with E-state index < -0.39 is 5.60 Å². The Hall–Kier alpha value is -1.46. The number of rotatable bonds is 5. The molecule has 1 aromatic rings. The lowest BCUT2D eigenvalue weighted by Gasteiger charge is -2.32. The first-order valence-corrected chi connectivity index (χ1v) is 10.1. The second-order valence-electron chi connectivity index (χ2n) is 8.88. The van der Waals surface area contributed by atoms with Gasteiger partial charge in [-0.25, -0.2) is 4.98 Å². The second kappa shape index (κ2) is 7.28. The van der Waals surface area contributed by atoms with E-state index in [0.29, 0.717) is 30.0 Å². The number of pyridine rings is 1. The number of aromatic nitrogens is 1. The zero-order valence-electron chi connectivity index (χ0n) is 15.4. The van der Waals surface area contributed by atoms with Gasteiger partial charge in [0.05, 0.1) is 18.3 Å². The van der Waals surface area contributed by atoms with Gasteiger partial charge in [0.15, 0.2) is 5.78 Å². The van der Waals surface area contributed by atoms with Crippen molar-refractivity contribution in [2.24, 2.45) is 17.8 Å². The predicted octanol–water partition coefficient (Wildman–Crippen LogP) is 3.01. The number of fused-ring (bicyclic) bond motifs is 1. The summed E-state index contributed by atoms with van der Waals surface area (Å²) in [6.07, 6.45) is 10.7. The molecule has 0 aromatic carbocycles. The Bertz CT molecular complexity index is 625. The number of carbonyl (C=O) groups is 1. The molecule has 2 N–H and O–H groups in total. The molecule has 3 aliphatic rings. The summed E-state index contributed by atoms with van der Waals surface area (Å²) in [5, 5.41) is 20.4. The van der Waals surface area contributed by atoms with Crippen molar-refractivity contribution >= 4 is 5.78 Å². The van der Waals surface area contributed by atoms with E-state index in [4.69, 9.17) is 0 Å². The van der Waals surface area contributed by atoms with E-state index in [1.807, 2.05) is 0 Å². The number of Topliss-reactive ketones (excluding diaryl/α,β-unsaturated/α-hetero) is 1. The summed E-state index contributed by atoms with van der Waals surface area (Å²) in [6.45, 7) is 2.19. The standard InChI is InChI=1S/C21H30N2O3/c24-18-6-7-19(22-11-18)20(25)14-23-12-16-9-21(26,10-17(16)13-23)8-15-4-2-1-3-5-15/h6-7,11,15-17,24,26H,1-5,8-10,12-14H2/t16-,17?,21?/m0/s1. The summed E-state index contributed by atoms with van der Waals surface area (Å²) in [6, 6.07) is 3.09. The van der Waals surface area contributed by atoms with Crippen LogP contribution in [0.25, 0.3) is 0 Å². The quantitative estimate of drug-likeness (QED) is 0.792. The van der Waals surface area contributed by atoms with Gasteiger partial charge in [-0.05, 0) is 49.1 Å². The Labute approximate surface area is 155 Å². The van der Waals surface area contributed by atoms with E-state index in [1.165, 1.54) is 44.4 Å². The first-order valence-electron chi connectivity index (χ1n) is 10.1. The van der Waals surface area contributed by atoms with E-state index in [1.54, 1.807) is 6.07 Å². The lowest BCUT2D eigenvalue weighted by molar-refractivity contribution is 0.00622. The van der Waals surface area contributed by atoms with Gasteiger partial charge in [-0.15, -0.1) is 0 Å². The average molecular weight is 358 g/mol. The van der Waals surface area contributed by atoms with Crippen LogP contribution in [0.1, 0.15) is 61.9 Å². The van der Waals surface area contributed by atoms with E-state index in [-0.39, 0.29) is 11.5 Å². The molecule has 2 aliphatic carbocycles. The van der Waals surface area contributed by atoms with Crippen LogP contribution in [-0.2, 0) is 0 Å². The molecule has 5 nitrogen and oxygen atoms in total. The van der Waals surface area contributed by atoms with Gasteiger partial charge in [-0.1, -0.05) is 32.1 Å². The van der Waals surface area contributed by atoms with Crippen LogP contribution in [0.15, 0.2) is 18.3 Å². The molecule has 1 saturated heterocycles. The zero-order chi connectivity index (χ0) is 18.1. The zero-order valence-corrected chi connectivity index (χ0v) is 15.4. The van der Waals surface area contributed by atoms with Gasteiger partial charge in [0.2, 0.25) is 0 Å². The highest BCUT2D eigenvalue weighted by molar-refractivity contribution is 5.95. The largest absolute Gasteiger partial charge is 0.506 e. The number of hydrogen-bond donors (Lipinski definition) is 2. The molecule has 0 bridgehead atoms. The van der Waals surface area contributed by atoms with Crippen LogP contribution in [-0.4, -0.2) is 51.1 Å². The lowest BCUT2D eigenvalue weighted by atomic mass is 9.79. The van der Waals surface area contributed by atoms with Crippen LogP contribution < -0.4 is 0 Å². The third kappa shape index (κ3) is 3.94. The summed E-state index contributed by atoms with van der Waals surface area (Å²) in [4.78, 5) is 18.6. The Morgan fingerprint density at radius 1 is 1.15 bits per heavy atom. The molecular weight excluding hydrogens is 328 g/mol. The molecule has 3 atom stereocenters. The molecule has 5 heteroatoms.